The molecule has 0 aromatic heterocycles. The van der Waals surface area contributed by atoms with E-state index in [0.29, 0.717) is 29.5 Å². The smallest absolute Gasteiger partial charge is 0.335 e. The SMILES string of the molecule is CCCc1c(C(=O)O)cc(CO)c(C)c1C(N)=O. The Morgan fingerprint density at radius 3 is 2.39 bits per heavy atom. The highest BCUT2D eigenvalue weighted by Gasteiger charge is 2.21. The highest BCUT2D eigenvalue weighted by molar-refractivity contribution is 6.00. The Bertz CT molecular complexity index is 494. The maximum Gasteiger partial charge on any atom is 0.335 e. The van der Waals surface area contributed by atoms with E-state index in [1.165, 1.54) is 6.07 Å². The van der Waals surface area contributed by atoms with Crippen LogP contribution < -0.4 is 5.73 Å². The van der Waals surface area contributed by atoms with Gasteiger partial charge in [-0.2, -0.15) is 0 Å². The first-order chi connectivity index (χ1) is 8.43. The second-order valence-electron chi connectivity index (χ2n) is 4.14. The van der Waals surface area contributed by atoms with Gasteiger partial charge in [-0.25, -0.2) is 4.79 Å². The predicted molar refractivity (Wildman–Crippen MR) is 66.6 cm³/mol. The molecule has 0 radical (unpaired) electrons. The highest BCUT2D eigenvalue weighted by Crippen LogP contribution is 2.24. The van der Waals surface area contributed by atoms with E-state index in [0.717, 1.165) is 0 Å². The van der Waals surface area contributed by atoms with Gasteiger partial charge in [0.2, 0.25) is 5.91 Å². The molecule has 0 saturated heterocycles. The van der Waals surface area contributed by atoms with E-state index in [4.69, 9.17) is 5.73 Å². The largest absolute Gasteiger partial charge is 0.478 e. The zero-order valence-corrected chi connectivity index (χ0v) is 10.5. The Balaban J connectivity index is 3.66. The summed E-state index contributed by atoms with van der Waals surface area (Å²) in [5.74, 6) is -1.77. The van der Waals surface area contributed by atoms with Gasteiger partial charge in [0, 0.05) is 5.56 Å². The molecule has 0 aliphatic heterocycles. The number of carbonyl (C=O) groups excluding carboxylic acids is 1. The summed E-state index contributed by atoms with van der Waals surface area (Å²) >= 11 is 0. The lowest BCUT2D eigenvalue weighted by Gasteiger charge is -2.15. The van der Waals surface area contributed by atoms with Crippen molar-refractivity contribution in [3.05, 3.63) is 33.9 Å². The second-order valence-corrected chi connectivity index (χ2v) is 4.14. The number of primary amides is 1. The highest BCUT2D eigenvalue weighted by atomic mass is 16.4. The van der Waals surface area contributed by atoms with Gasteiger partial charge in [0.05, 0.1) is 12.2 Å². The van der Waals surface area contributed by atoms with Crippen LogP contribution in [0.2, 0.25) is 0 Å². The van der Waals surface area contributed by atoms with Crippen molar-refractivity contribution in [1.29, 1.82) is 0 Å². The average Bonchev–Trinajstić information content (AvgIpc) is 2.28. The maximum absolute atomic E-state index is 11.5. The topological polar surface area (TPSA) is 101 Å². The van der Waals surface area contributed by atoms with Crippen LogP contribution in [0.25, 0.3) is 0 Å². The summed E-state index contributed by atoms with van der Waals surface area (Å²) in [6, 6.07) is 1.41. The summed E-state index contributed by atoms with van der Waals surface area (Å²) in [4.78, 5) is 22.7. The molecule has 5 nitrogen and oxygen atoms in total. The second kappa shape index (κ2) is 5.64. The third kappa shape index (κ3) is 2.51. The molecule has 0 fully saturated rings. The molecule has 0 heterocycles. The monoisotopic (exact) mass is 251 g/mol. The first-order valence-corrected chi connectivity index (χ1v) is 5.73. The van der Waals surface area contributed by atoms with E-state index in [1.807, 2.05) is 6.92 Å². The van der Waals surface area contributed by atoms with Crippen molar-refractivity contribution >= 4 is 11.9 Å². The summed E-state index contributed by atoms with van der Waals surface area (Å²) < 4.78 is 0. The normalized spacial score (nSPS) is 10.4. The van der Waals surface area contributed by atoms with Crippen LogP contribution in [-0.2, 0) is 13.0 Å². The third-order valence-corrected chi connectivity index (χ3v) is 2.95. The van der Waals surface area contributed by atoms with E-state index < -0.39 is 11.9 Å². The van der Waals surface area contributed by atoms with Crippen molar-refractivity contribution in [3.63, 3.8) is 0 Å². The summed E-state index contributed by atoms with van der Waals surface area (Å²) in [6.45, 7) is 3.24. The number of carbonyl (C=O) groups is 2. The molecule has 1 amide bonds. The number of nitrogens with two attached hydrogens (primary N) is 1. The number of rotatable bonds is 5. The minimum atomic E-state index is -1.12. The molecule has 1 rings (SSSR count). The van der Waals surface area contributed by atoms with E-state index in [9.17, 15) is 19.8 Å². The average molecular weight is 251 g/mol. The molecule has 18 heavy (non-hydrogen) atoms. The first-order valence-electron chi connectivity index (χ1n) is 5.73. The van der Waals surface area contributed by atoms with Crippen LogP contribution in [0.5, 0.6) is 0 Å². The van der Waals surface area contributed by atoms with Crippen LogP contribution >= 0.6 is 0 Å². The molecule has 0 aliphatic rings. The lowest BCUT2D eigenvalue weighted by molar-refractivity contribution is 0.0695. The number of benzene rings is 1. The molecule has 0 atom stereocenters. The predicted octanol–water partition coefficient (Wildman–Crippen LogP) is 1.24. The molecule has 0 spiro atoms. The van der Waals surface area contributed by atoms with Gasteiger partial charge in [0.15, 0.2) is 0 Å². The number of hydrogen-bond acceptors (Lipinski definition) is 3. The molecule has 4 N–H and O–H groups in total. The molecule has 5 heteroatoms. The Hall–Kier alpha value is -1.88. The molecule has 1 aromatic rings. The van der Waals surface area contributed by atoms with Crippen LogP contribution in [0.3, 0.4) is 0 Å². The molecule has 1 aromatic carbocycles. The van der Waals surface area contributed by atoms with Gasteiger partial charge in [-0.15, -0.1) is 0 Å². The van der Waals surface area contributed by atoms with Gasteiger partial charge < -0.3 is 15.9 Å². The van der Waals surface area contributed by atoms with Crippen LogP contribution in [0, 0.1) is 6.92 Å². The van der Waals surface area contributed by atoms with Crippen molar-refractivity contribution in [1.82, 2.24) is 0 Å². The number of carboxylic acids is 1. The Labute approximate surface area is 105 Å². The number of aromatic carboxylic acids is 1. The van der Waals surface area contributed by atoms with Crippen LogP contribution in [0.1, 0.15) is 50.8 Å². The zero-order chi connectivity index (χ0) is 13.9. The van der Waals surface area contributed by atoms with Crippen LogP contribution in [0.4, 0.5) is 0 Å². The summed E-state index contributed by atoms with van der Waals surface area (Å²) in [5, 5.41) is 18.4. The van der Waals surface area contributed by atoms with Gasteiger partial charge in [-0.1, -0.05) is 13.3 Å². The minimum absolute atomic E-state index is 0.0419. The Kier molecular flexibility index (Phi) is 4.44. The van der Waals surface area contributed by atoms with Gasteiger partial charge >= 0.3 is 5.97 Å². The summed E-state index contributed by atoms with van der Waals surface area (Å²) in [5.41, 5.74) is 7.01. The van der Waals surface area contributed by atoms with Crippen molar-refractivity contribution in [2.45, 2.75) is 33.3 Å². The molecule has 0 saturated carbocycles. The summed E-state index contributed by atoms with van der Waals surface area (Å²) in [7, 11) is 0. The quantitative estimate of drug-likeness (QED) is 0.732. The fraction of sp³-hybridized carbons (Fsp3) is 0.385. The standard InChI is InChI=1S/C13H17NO4/c1-3-4-9-10(13(17)18)5-8(6-15)7(2)11(9)12(14)16/h5,15H,3-4,6H2,1-2H3,(H2,14,16)(H,17,18). The van der Waals surface area contributed by atoms with Gasteiger partial charge in [0.25, 0.3) is 0 Å². The van der Waals surface area contributed by atoms with Crippen molar-refractivity contribution in [2.24, 2.45) is 5.73 Å². The number of amides is 1. The molecular weight excluding hydrogens is 234 g/mol. The molecule has 0 aliphatic carbocycles. The maximum atomic E-state index is 11.5. The van der Waals surface area contributed by atoms with Gasteiger partial charge in [-0.05, 0) is 36.1 Å². The lowest BCUT2D eigenvalue weighted by Crippen LogP contribution is -2.20. The van der Waals surface area contributed by atoms with E-state index in [1.54, 1.807) is 6.92 Å². The zero-order valence-electron chi connectivity index (χ0n) is 10.5. The van der Waals surface area contributed by atoms with E-state index in [-0.39, 0.29) is 17.7 Å². The van der Waals surface area contributed by atoms with Crippen molar-refractivity contribution in [2.75, 3.05) is 0 Å². The van der Waals surface area contributed by atoms with Crippen molar-refractivity contribution in [3.8, 4) is 0 Å². The minimum Gasteiger partial charge on any atom is -0.478 e. The number of hydrogen-bond donors (Lipinski definition) is 3. The first kappa shape index (κ1) is 14.2. The fourth-order valence-corrected chi connectivity index (χ4v) is 2.09. The number of aliphatic hydroxyl groups is 1. The summed E-state index contributed by atoms with van der Waals surface area (Å²) in [6.07, 6.45) is 1.17. The third-order valence-electron chi connectivity index (χ3n) is 2.95. The molecule has 0 bridgehead atoms. The molecule has 98 valence electrons. The van der Waals surface area contributed by atoms with Crippen molar-refractivity contribution < 1.29 is 19.8 Å². The Morgan fingerprint density at radius 2 is 2.00 bits per heavy atom. The van der Waals surface area contributed by atoms with E-state index in [2.05, 4.69) is 0 Å². The molecular formula is C13H17NO4. The number of aliphatic hydroxyl groups excluding tert-OH is 1. The van der Waals surface area contributed by atoms with Gasteiger partial charge in [-0.3, -0.25) is 4.79 Å². The Morgan fingerprint density at radius 1 is 1.39 bits per heavy atom. The lowest BCUT2D eigenvalue weighted by atomic mass is 9.89. The molecule has 0 unspecified atom stereocenters. The van der Waals surface area contributed by atoms with Crippen LogP contribution in [-0.4, -0.2) is 22.1 Å². The van der Waals surface area contributed by atoms with Crippen LogP contribution in [0.15, 0.2) is 6.07 Å². The fourth-order valence-electron chi connectivity index (χ4n) is 2.09. The van der Waals surface area contributed by atoms with Gasteiger partial charge in [0.1, 0.15) is 0 Å². The van der Waals surface area contributed by atoms with E-state index >= 15 is 0 Å². The number of carboxylic acid groups (broad SMARTS) is 1.